The van der Waals surface area contributed by atoms with Crippen molar-refractivity contribution < 1.29 is 4.39 Å². The number of hydrogen-bond acceptors (Lipinski definition) is 0. The molecule has 0 aromatic carbocycles. The first-order chi connectivity index (χ1) is 10.7. The SMILES string of the molecule is CCC[CH2][Sn]([CH2]CCC)([CH2]CCC)/[C](F)=C/C1CCCCC1. The molecule has 0 radical (unpaired) electrons. The molecule has 0 atom stereocenters. The second-order valence-corrected chi connectivity index (χ2v) is 20.5. The average Bonchev–Trinajstić information content (AvgIpc) is 2.55. The molecule has 22 heavy (non-hydrogen) atoms. The Bertz CT molecular complexity index is 283. The van der Waals surface area contributed by atoms with Gasteiger partial charge in [0.15, 0.2) is 0 Å². The Labute approximate surface area is 143 Å². The van der Waals surface area contributed by atoms with Crippen LogP contribution in [0.1, 0.15) is 91.4 Å². The maximum atomic E-state index is 15.4. The molecular formula is C20H39FSn. The molecule has 0 spiro atoms. The fraction of sp³-hybridized carbons (Fsp3) is 0.900. The fourth-order valence-electron chi connectivity index (χ4n) is 3.96. The van der Waals surface area contributed by atoms with Crippen LogP contribution in [-0.2, 0) is 0 Å². The first-order valence-corrected chi connectivity index (χ1v) is 17.5. The van der Waals surface area contributed by atoms with Crippen LogP contribution in [0.25, 0.3) is 0 Å². The summed E-state index contributed by atoms with van der Waals surface area (Å²) in [5.74, 6) is 0.565. The minimum absolute atomic E-state index is 0.469. The van der Waals surface area contributed by atoms with Gasteiger partial charge in [-0.1, -0.05) is 0 Å². The molecule has 1 aliphatic carbocycles. The van der Waals surface area contributed by atoms with Gasteiger partial charge in [0, 0.05) is 0 Å². The molecular weight excluding hydrogens is 378 g/mol. The molecule has 0 bridgehead atoms. The van der Waals surface area contributed by atoms with Crippen molar-refractivity contribution in [1.82, 2.24) is 0 Å². The van der Waals surface area contributed by atoms with E-state index in [2.05, 4.69) is 26.8 Å². The molecule has 0 unspecified atom stereocenters. The minimum atomic E-state index is -2.73. The Hall–Kier alpha value is 0.469. The van der Waals surface area contributed by atoms with E-state index in [1.54, 1.807) is 0 Å². The molecule has 1 saturated carbocycles. The molecule has 0 aromatic heterocycles. The predicted octanol–water partition coefficient (Wildman–Crippen LogP) is 7.81. The molecule has 0 nitrogen and oxygen atoms in total. The molecule has 0 aliphatic heterocycles. The van der Waals surface area contributed by atoms with E-state index in [9.17, 15) is 0 Å². The van der Waals surface area contributed by atoms with E-state index in [1.807, 2.05) is 0 Å². The molecule has 1 aliphatic rings. The Morgan fingerprint density at radius 1 is 0.864 bits per heavy atom. The number of unbranched alkanes of at least 4 members (excludes halogenated alkanes) is 3. The van der Waals surface area contributed by atoms with Gasteiger partial charge in [-0.3, -0.25) is 0 Å². The molecule has 2 heteroatoms. The van der Waals surface area contributed by atoms with Crippen molar-refractivity contribution in [2.24, 2.45) is 5.92 Å². The number of halogens is 1. The van der Waals surface area contributed by atoms with Crippen LogP contribution in [0.2, 0.25) is 13.3 Å². The monoisotopic (exact) mass is 418 g/mol. The third-order valence-corrected chi connectivity index (χ3v) is 20.2. The average molecular weight is 417 g/mol. The van der Waals surface area contributed by atoms with Crippen LogP contribution in [0, 0.1) is 5.92 Å². The summed E-state index contributed by atoms with van der Waals surface area (Å²) in [5, 5.41) is 0. The van der Waals surface area contributed by atoms with Crippen LogP contribution in [0.3, 0.4) is 0 Å². The third-order valence-electron chi connectivity index (χ3n) is 5.57. The van der Waals surface area contributed by atoms with Crippen molar-refractivity contribution in [2.45, 2.75) is 105 Å². The Morgan fingerprint density at radius 3 is 1.73 bits per heavy atom. The van der Waals surface area contributed by atoms with E-state index < -0.39 is 18.4 Å². The van der Waals surface area contributed by atoms with Gasteiger partial charge in [0.1, 0.15) is 0 Å². The van der Waals surface area contributed by atoms with Crippen LogP contribution >= 0.6 is 0 Å². The van der Waals surface area contributed by atoms with Crippen LogP contribution in [0.5, 0.6) is 0 Å². The first-order valence-electron chi connectivity index (χ1n) is 10.1. The molecule has 0 saturated heterocycles. The van der Waals surface area contributed by atoms with Gasteiger partial charge in [-0.25, -0.2) is 0 Å². The van der Waals surface area contributed by atoms with Gasteiger partial charge < -0.3 is 0 Å². The summed E-state index contributed by atoms with van der Waals surface area (Å²) in [5.41, 5.74) is 0. The second-order valence-electron chi connectivity index (χ2n) is 7.50. The van der Waals surface area contributed by atoms with Gasteiger partial charge in [0.05, 0.1) is 0 Å². The van der Waals surface area contributed by atoms with Crippen molar-refractivity contribution in [3.63, 3.8) is 0 Å². The molecule has 130 valence electrons. The first kappa shape index (κ1) is 20.5. The Kier molecular flexibility index (Phi) is 11.1. The fourth-order valence-corrected chi connectivity index (χ4v) is 18.7. The zero-order valence-electron chi connectivity index (χ0n) is 15.4. The Morgan fingerprint density at radius 2 is 1.32 bits per heavy atom. The summed E-state index contributed by atoms with van der Waals surface area (Å²) in [4.78, 5) is 0. The van der Waals surface area contributed by atoms with Gasteiger partial charge in [-0.2, -0.15) is 0 Å². The maximum absolute atomic E-state index is 15.4. The topological polar surface area (TPSA) is 0 Å². The van der Waals surface area contributed by atoms with Crippen molar-refractivity contribution in [3.05, 3.63) is 9.92 Å². The van der Waals surface area contributed by atoms with Gasteiger partial charge >= 0.3 is 143 Å². The van der Waals surface area contributed by atoms with Gasteiger partial charge in [0.25, 0.3) is 0 Å². The quantitative estimate of drug-likeness (QED) is 0.301. The second kappa shape index (κ2) is 11.9. The molecule has 0 amide bonds. The van der Waals surface area contributed by atoms with E-state index in [0.29, 0.717) is 9.76 Å². The number of rotatable bonds is 11. The molecule has 0 heterocycles. The van der Waals surface area contributed by atoms with Crippen LogP contribution in [0.15, 0.2) is 9.92 Å². The van der Waals surface area contributed by atoms with E-state index >= 15 is 4.39 Å². The van der Waals surface area contributed by atoms with Gasteiger partial charge in [-0.05, 0) is 0 Å². The Balaban J connectivity index is 2.87. The predicted molar refractivity (Wildman–Crippen MR) is 101 cm³/mol. The molecule has 0 N–H and O–H groups in total. The van der Waals surface area contributed by atoms with E-state index in [1.165, 1.54) is 83.9 Å². The molecule has 0 aromatic rings. The number of hydrogen-bond donors (Lipinski definition) is 0. The van der Waals surface area contributed by atoms with E-state index in [0.717, 1.165) is 0 Å². The van der Waals surface area contributed by atoms with Crippen LogP contribution < -0.4 is 0 Å². The van der Waals surface area contributed by atoms with Crippen LogP contribution in [-0.4, -0.2) is 18.4 Å². The van der Waals surface area contributed by atoms with Crippen molar-refractivity contribution in [1.29, 1.82) is 0 Å². The molecule has 1 rings (SSSR count). The summed E-state index contributed by atoms with van der Waals surface area (Å²) in [7, 11) is 0. The van der Waals surface area contributed by atoms with Gasteiger partial charge in [-0.15, -0.1) is 0 Å². The zero-order chi connectivity index (χ0) is 16.3. The van der Waals surface area contributed by atoms with Gasteiger partial charge in [0.2, 0.25) is 0 Å². The standard InChI is InChI=1S/C8H12F.3C4H9.Sn/c9-7-6-8-4-2-1-3-5-8;3*1-3-4-2;/h6,8H,1-5H2;3*1,3-4H2,2H3;. The summed E-state index contributed by atoms with van der Waals surface area (Å²) in [6.07, 6.45) is 16.1. The van der Waals surface area contributed by atoms with Crippen LogP contribution in [0.4, 0.5) is 4.39 Å². The summed E-state index contributed by atoms with van der Waals surface area (Å²) in [6.45, 7) is 6.79. The van der Waals surface area contributed by atoms with E-state index in [-0.39, 0.29) is 0 Å². The summed E-state index contributed by atoms with van der Waals surface area (Å²) in [6, 6.07) is 0. The zero-order valence-corrected chi connectivity index (χ0v) is 18.3. The summed E-state index contributed by atoms with van der Waals surface area (Å²) >= 11 is -2.73. The summed E-state index contributed by atoms with van der Waals surface area (Å²) < 4.78 is 19.7. The van der Waals surface area contributed by atoms with Crippen molar-refractivity contribution in [2.75, 3.05) is 0 Å². The number of allylic oxidation sites excluding steroid dienone is 1. The van der Waals surface area contributed by atoms with Crippen molar-refractivity contribution in [3.8, 4) is 0 Å². The normalized spacial score (nSPS) is 17.9. The third kappa shape index (κ3) is 6.93. The van der Waals surface area contributed by atoms with E-state index in [4.69, 9.17) is 0 Å². The molecule has 1 fully saturated rings. The van der Waals surface area contributed by atoms with Crippen molar-refractivity contribution >= 4 is 18.4 Å².